The van der Waals surface area contributed by atoms with E-state index in [-0.39, 0.29) is 24.0 Å². The van der Waals surface area contributed by atoms with E-state index in [1.165, 1.54) is 0 Å². The van der Waals surface area contributed by atoms with E-state index in [2.05, 4.69) is 5.92 Å². The topological polar surface area (TPSA) is 0 Å². The van der Waals surface area contributed by atoms with Crippen molar-refractivity contribution in [3.05, 3.63) is 0 Å². The summed E-state index contributed by atoms with van der Waals surface area (Å²) in [6.07, 6.45) is 5.06. The van der Waals surface area contributed by atoms with Crippen molar-refractivity contribution in [1.82, 2.24) is 0 Å². The number of hydrogen-bond donors (Lipinski definition) is 0. The van der Waals surface area contributed by atoms with Crippen molar-refractivity contribution in [2.45, 2.75) is 20.8 Å². The summed E-state index contributed by atoms with van der Waals surface area (Å²) in [4.78, 5) is 0. The van der Waals surface area contributed by atoms with Gasteiger partial charge in [-0.3, -0.25) is 0 Å². The molecule has 7 heavy (non-hydrogen) atoms. The van der Waals surface area contributed by atoms with Crippen LogP contribution in [0.25, 0.3) is 0 Å². The Morgan fingerprint density at radius 3 is 1.43 bits per heavy atom. The molecule has 0 amide bonds. The summed E-state index contributed by atoms with van der Waals surface area (Å²) in [5.41, 5.74) is 0.0694. The van der Waals surface area contributed by atoms with Gasteiger partial charge in [0.25, 0.3) is 0 Å². The maximum atomic E-state index is 5.06. The van der Waals surface area contributed by atoms with Gasteiger partial charge in [-0.2, -0.15) is 0 Å². The van der Waals surface area contributed by atoms with Crippen molar-refractivity contribution < 1.29 is 18.6 Å². The molecule has 0 nitrogen and oxygen atoms in total. The van der Waals surface area contributed by atoms with Crippen LogP contribution in [0.2, 0.25) is 0 Å². The van der Waals surface area contributed by atoms with E-state index in [1.54, 1.807) is 0 Å². The average Bonchev–Trinajstić information content (AvgIpc) is 1.35. The summed E-state index contributed by atoms with van der Waals surface area (Å²) in [5, 5.41) is 0. The van der Waals surface area contributed by atoms with Gasteiger partial charge in [0.2, 0.25) is 0 Å². The molecule has 0 bridgehead atoms. The van der Waals surface area contributed by atoms with Crippen LogP contribution in [0.1, 0.15) is 20.8 Å². The zero-order chi connectivity index (χ0) is 5.21. The SMILES string of the molecule is C#CC(C)(C)C.[V]. The molecule has 1 radical (unpaired) electrons. The van der Waals surface area contributed by atoms with Crippen LogP contribution >= 0.6 is 0 Å². The predicted octanol–water partition coefficient (Wildman–Crippen LogP) is 1.66. The maximum Gasteiger partial charge on any atom is 0.0227 e. The second kappa shape index (κ2) is 3.19. The van der Waals surface area contributed by atoms with Crippen molar-refractivity contribution in [3.8, 4) is 12.3 Å². The summed E-state index contributed by atoms with van der Waals surface area (Å²) in [7, 11) is 0. The van der Waals surface area contributed by atoms with Crippen molar-refractivity contribution in [1.29, 1.82) is 0 Å². The summed E-state index contributed by atoms with van der Waals surface area (Å²) in [6.45, 7) is 6.02. The first-order chi connectivity index (χ1) is 2.56. The van der Waals surface area contributed by atoms with Gasteiger partial charge in [-0.15, -0.1) is 12.3 Å². The molecule has 1 heteroatoms. The van der Waals surface area contributed by atoms with Crippen LogP contribution in [-0.4, -0.2) is 0 Å². The molecule has 0 aromatic heterocycles. The third-order valence-corrected chi connectivity index (χ3v) is 0.433. The molecule has 0 saturated heterocycles. The molecular formula is C6H10V. The summed E-state index contributed by atoms with van der Waals surface area (Å²) in [5.74, 6) is 2.60. The molecule has 0 aromatic rings. The Labute approximate surface area is 57.6 Å². The Morgan fingerprint density at radius 2 is 1.43 bits per heavy atom. The molecule has 0 saturated carbocycles. The van der Waals surface area contributed by atoms with Crippen LogP contribution in [0.15, 0.2) is 0 Å². The fourth-order valence-electron chi connectivity index (χ4n) is 0. The van der Waals surface area contributed by atoms with Gasteiger partial charge in [0.1, 0.15) is 0 Å². The van der Waals surface area contributed by atoms with Crippen molar-refractivity contribution >= 4 is 0 Å². The molecule has 39 valence electrons. The van der Waals surface area contributed by atoms with E-state index >= 15 is 0 Å². The fourth-order valence-corrected chi connectivity index (χ4v) is 0. The fraction of sp³-hybridized carbons (Fsp3) is 0.667. The number of terminal acetylenes is 1. The standard InChI is InChI=1S/C6H10.V/c1-5-6(2,3)4;/h1H,2-4H3;. The van der Waals surface area contributed by atoms with Crippen molar-refractivity contribution in [2.24, 2.45) is 5.41 Å². The van der Waals surface area contributed by atoms with Crippen LogP contribution in [-0.2, 0) is 18.6 Å². The minimum Gasteiger partial charge on any atom is -0.120 e. The minimum atomic E-state index is 0. The first kappa shape index (κ1) is 10.2. The van der Waals surface area contributed by atoms with Gasteiger partial charge in [0, 0.05) is 24.0 Å². The van der Waals surface area contributed by atoms with E-state index in [9.17, 15) is 0 Å². The van der Waals surface area contributed by atoms with Crippen LogP contribution in [0.4, 0.5) is 0 Å². The van der Waals surface area contributed by atoms with Gasteiger partial charge in [-0.05, 0) is 20.8 Å². The van der Waals surface area contributed by atoms with Crippen LogP contribution in [0.3, 0.4) is 0 Å². The summed E-state index contributed by atoms with van der Waals surface area (Å²) < 4.78 is 0. The van der Waals surface area contributed by atoms with Crippen molar-refractivity contribution in [3.63, 3.8) is 0 Å². The second-order valence-electron chi connectivity index (χ2n) is 2.39. The van der Waals surface area contributed by atoms with Crippen molar-refractivity contribution in [2.75, 3.05) is 0 Å². The van der Waals surface area contributed by atoms with Crippen LogP contribution < -0.4 is 0 Å². The second-order valence-corrected chi connectivity index (χ2v) is 2.39. The molecule has 0 rings (SSSR count). The first-order valence-corrected chi connectivity index (χ1v) is 2.04. The van der Waals surface area contributed by atoms with E-state index in [4.69, 9.17) is 6.42 Å². The molecule has 0 unspecified atom stereocenters. The van der Waals surface area contributed by atoms with E-state index < -0.39 is 0 Å². The van der Waals surface area contributed by atoms with Gasteiger partial charge in [-0.25, -0.2) is 0 Å². The zero-order valence-corrected chi connectivity index (χ0v) is 6.42. The molecule has 0 aliphatic carbocycles. The number of rotatable bonds is 0. The molecule has 0 aliphatic heterocycles. The predicted molar refractivity (Wildman–Crippen MR) is 28.3 cm³/mol. The Kier molecular flexibility index (Phi) is 4.64. The molecule has 0 atom stereocenters. The quantitative estimate of drug-likeness (QED) is 0.441. The Hall–Kier alpha value is 0.144. The van der Waals surface area contributed by atoms with Gasteiger partial charge >= 0.3 is 0 Å². The molecule has 0 heterocycles. The van der Waals surface area contributed by atoms with Gasteiger partial charge in [0.05, 0.1) is 0 Å². The molecule has 0 N–H and O–H groups in total. The van der Waals surface area contributed by atoms with E-state index in [0.717, 1.165) is 0 Å². The summed E-state index contributed by atoms with van der Waals surface area (Å²) in [6, 6.07) is 0. The Morgan fingerprint density at radius 1 is 1.29 bits per heavy atom. The molecule has 0 spiro atoms. The molecule has 0 fully saturated rings. The van der Waals surface area contributed by atoms with E-state index in [1.807, 2.05) is 20.8 Å². The maximum absolute atomic E-state index is 5.06. The Bertz CT molecular complexity index is 71.2. The Balaban J connectivity index is 0. The minimum absolute atomic E-state index is 0. The van der Waals surface area contributed by atoms with Crippen LogP contribution in [0, 0.1) is 17.8 Å². The normalized spacial score (nSPS) is 8.86. The van der Waals surface area contributed by atoms with Gasteiger partial charge in [-0.1, -0.05) is 0 Å². The summed E-state index contributed by atoms with van der Waals surface area (Å²) >= 11 is 0. The zero-order valence-electron chi connectivity index (χ0n) is 5.02. The van der Waals surface area contributed by atoms with Gasteiger partial charge < -0.3 is 0 Å². The third-order valence-electron chi connectivity index (χ3n) is 0.433. The monoisotopic (exact) mass is 133 g/mol. The van der Waals surface area contributed by atoms with Crippen LogP contribution in [0.5, 0.6) is 0 Å². The van der Waals surface area contributed by atoms with E-state index in [0.29, 0.717) is 0 Å². The molecule has 0 aromatic carbocycles. The molecular weight excluding hydrogens is 123 g/mol. The smallest absolute Gasteiger partial charge is 0.0227 e. The first-order valence-electron chi connectivity index (χ1n) is 2.04. The average molecular weight is 133 g/mol. The largest absolute Gasteiger partial charge is 0.120 e. The number of hydrogen-bond acceptors (Lipinski definition) is 0. The van der Waals surface area contributed by atoms with Gasteiger partial charge in [0.15, 0.2) is 0 Å². The molecule has 0 aliphatic rings. The third kappa shape index (κ3) is 10.7.